The average molecular weight is 343 g/mol. The van der Waals surface area contributed by atoms with E-state index in [0.29, 0.717) is 12.4 Å². The van der Waals surface area contributed by atoms with Crippen LogP contribution in [0, 0.1) is 5.41 Å². The van der Waals surface area contributed by atoms with Gasteiger partial charge in [-0.2, -0.15) is 0 Å². The molecule has 3 rings (SSSR count). The van der Waals surface area contributed by atoms with Gasteiger partial charge >= 0.3 is 0 Å². The van der Waals surface area contributed by atoms with Gasteiger partial charge in [-0.15, -0.1) is 0 Å². The number of rotatable bonds is 4. The van der Waals surface area contributed by atoms with Gasteiger partial charge in [-0.3, -0.25) is 9.80 Å². The molecule has 1 aromatic carbocycles. The van der Waals surface area contributed by atoms with E-state index in [1.807, 2.05) is 24.3 Å². The van der Waals surface area contributed by atoms with Crippen molar-refractivity contribution in [1.82, 2.24) is 19.8 Å². The fraction of sp³-hybridized carbons (Fsp3) is 0.579. The number of anilines is 1. The third-order valence-corrected chi connectivity index (χ3v) is 4.94. The predicted molar refractivity (Wildman–Crippen MR) is 101 cm³/mol. The number of nitrogens with two attached hydrogens (primary N) is 1. The number of hydrogen-bond donors (Lipinski definition) is 2. The number of piperazine rings is 1. The van der Waals surface area contributed by atoms with Gasteiger partial charge in [-0.05, 0) is 17.5 Å². The van der Waals surface area contributed by atoms with E-state index in [9.17, 15) is 5.11 Å². The Hall–Kier alpha value is -1.76. The van der Waals surface area contributed by atoms with Gasteiger partial charge in [0.15, 0.2) is 0 Å². The molecule has 1 aliphatic rings. The molecule has 0 amide bonds. The molecular formula is C19H29N5O. The highest BCUT2D eigenvalue weighted by atomic mass is 16.3. The van der Waals surface area contributed by atoms with E-state index in [0.717, 1.165) is 49.5 Å². The molecule has 1 atom stereocenters. The molecule has 1 fully saturated rings. The minimum Gasteiger partial charge on any atom is -0.391 e. The SMILES string of the molecule is CC(C)(C)C(O)CN1CCN(Cc2nc(N)c3ccccc3n2)CC1. The van der Waals surface area contributed by atoms with E-state index in [1.54, 1.807) is 0 Å². The summed E-state index contributed by atoms with van der Waals surface area (Å²) < 4.78 is 0. The Morgan fingerprint density at radius 1 is 1.08 bits per heavy atom. The van der Waals surface area contributed by atoms with Gasteiger partial charge in [0, 0.05) is 38.1 Å². The second-order valence-corrected chi connectivity index (χ2v) is 8.00. The number of benzene rings is 1. The molecule has 1 saturated heterocycles. The predicted octanol–water partition coefficient (Wildman–Crippen LogP) is 1.74. The van der Waals surface area contributed by atoms with Crippen LogP contribution in [0.1, 0.15) is 26.6 Å². The molecule has 2 heterocycles. The van der Waals surface area contributed by atoms with Crippen molar-refractivity contribution in [3.8, 4) is 0 Å². The maximum Gasteiger partial charge on any atom is 0.145 e. The fourth-order valence-corrected chi connectivity index (χ4v) is 3.07. The number of nitrogens with zero attached hydrogens (tertiary/aromatic N) is 4. The number of para-hydroxylation sites is 1. The highest BCUT2D eigenvalue weighted by Gasteiger charge is 2.26. The van der Waals surface area contributed by atoms with Crippen LogP contribution in [0.5, 0.6) is 0 Å². The van der Waals surface area contributed by atoms with Crippen molar-refractivity contribution in [2.24, 2.45) is 5.41 Å². The van der Waals surface area contributed by atoms with Crippen LogP contribution in [0.4, 0.5) is 5.82 Å². The topological polar surface area (TPSA) is 78.5 Å². The lowest BCUT2D eigenvalue weighted by molar-refractivity contribution is 0.0123. The summed E-state index contributed by atoms with van der Waals surface area (Å²) in [6.07, 6.45) is -0.303. The summed E-state index contributed by atoms with van der Waals surface area (Å²) in [6, 6.07) is 7.85. The molecule has 25 heavy (non-hydrogen) atoms. The Balaban J connectivity index is 1.57. The first-order chi connectivity index (χ1) is 11.8. The summed E-state index contributed by atoms with van der Waals surface area (Å²) in [4.78, 5) is 13.8. The van der Waals surface area contributed by atoms with Crippen molar-refractivity contribution in [1.29, 1.82) is 0 Å². The summed E-state index contributed by atoms with van der Waals surface area (Å²) in [6.45, 7) is 11.5. The van der Waals surface area contributed by atoms with E-state index in [4.69, 9.17) is 5.73 Å². The fourth-order valence-electron chi connectivity index (χ4n) is 3.07. The number of aliphatic hydroxyl groups excluding tert-OH is 1. The molecule has 6 nitrogen and oxygen atoms in total. The zero-order valence-corrected chi connectivity index (χ0v) is 15.4. The van der Waals surface area contributed by atoms with Crippen molar-refractivity contribution in [3.05, 3.63) is 30.1 Å². The first-order valence-corrected chi connectivity index (χ1v) is 8.97. The van der Waals surface area contributed by atoms with Crippen LogP contribution in [0.15, 0.2) is 24.3 Å². The standard InChI is InChI=1S/C19H29N5O/c1-19(2,3)16(25)12-23-8-10-24(11-9-23)13-17-21-15-7-5-4-6-14(15)18(20)22-17/h4-7,16,25H,8-13H2,1-3H3,(H2,20,21,22). The molecule has 1 aromatic heterocycles. The molecule has 0 bridgehead atoms. The maximum absolute atomic E-state index is 10.3. The van der Waals surface area contributed by atoms with Gasteiger partial charge in [-0.25, -0.2) is 9.97 Å². The van der Waals surface area contributed by atoms with E-state index >= 15 is 0 Å². The van der Waals surface area contributed by atoms with Crippen molar-refractivity contribution in [3.63, 3.8) is 0 Å². The van der Waals surface area contributed by atoms with Crippen LogP contribution in [-0.2, 0) is 6.54 Å². The molecule has 0 aliphatic carbocycles. The number of aliphatic hydroxyl groups is 1. The molecule has 136 valence electrons. The van der Waals surface area contributed by atoms with Crippen LogP contribution in [0.2, 0.25) is 0 Å². The second-order valence-electron chi connectivity index (χ2n) is 8.00. The van der Waals surface area contributed by atoms with Gasteiger partial charge in [-0.1, -0.05) is 32.9 Å². The molecule has 0 radical (unpaired) electrons. The van der Waals surface area contributed by atoms with Gasteiger partial charge in [0.05, 0.1) is 18.2 Å². The third-order valence-electron chi connectivity index (χ3n) is 4.94. The molecule has 3 N–H and O–H groups in total. The number of nitrogen functional groups attached to an aromatic ring is 1. The number of hydrogen-bond acceptors (Lipinski definition) is 6. The Labute approximate surface area is 149 Å². The molecule has 1 aliphatic heterocycles. The van der Waals surface area contributed by atoms with Crippen LogP contribution in [0.25, 0.3) is 10.9 Å². The highest BCUT2D eigenvalue weighted by Crippen LogP contribution is 2.21. The van der Waals surface area contributed by atoms with E-state index < -0.39 is 0 Å². The van der Waals surface area contributed by atoms with Crippen molar-refractivity contribution < 1.29 is 5.11 Å². The van der Waals surface area contributed by atoms with Crippen LogP contribution in [-0.4, -0.2) is 63.7 Å². The number of aromatic nitrogens is 2. The minimum atomic E-state index is -0.303. The lowest BCUT2D eigenvalue weighted by Crippen LogP contribution is -2.50. The quantitative estimate of drug-likeness (QED) is 0.880. The van der Waals surface area contributed by atoms with Gasteiger partial charge in [0.25, 0.3) is 0 Å². The molecule has 6 heteroatoms. The Bertz CT molecular complexity index is 719. The Kier molecular flexibility index (Phi) is 5.22. The smallest absolute Gasteiger partial charge is 0.145 e. The van der Waals surface area contributed by atoms with Crippen LogP contribution >= 0.6 is 0 Å². The largest absolute Gasteiger partial charge is 0.391 e. The third kappa shape index (κ3) is 4.45. The lowest BCUT2D eigenvalue weighted by atomic mass is 9.89. The summed E-state index contributed by atoms with van der Waals surface area (Å²) in [5, 5.41) is 11.2. The molecule has 2 aromatic rings. The monoisotopic (exact) mass is 343 g/mol. The molecular weight excluding hydrogens is 314 g/mol. The van der Waals surface area contributed by atoms with E-state index in [-0.39, 0.29) is 11.5 Å². The zero-order chi connectivity index (χ0) is 18.0. The van der Waals surface area contributed by atoms with Crippen molar-refractivity contribution in [2.45, 2.75) is 33.4 Å². The Morgan fingerprint density at radius 2 is 1.72 bits per heavy atom. The van der Waals surface area contributed by atoms with Crippen molar-refractivity contribution in [2.75, 3.05) is 38.5 Å². The highest BCUT2D eigenvalue weighted by molar-refractivity contribution is 5.87. The summed E-state index contributed by atoms with van der Waals surface area (Å²) in [5.41, 5.74) is 6.90. The first-order valence-electron chi connectivity index (χ1n) is 8.97. The Morgan fingerprint density at radius 3 is 2.40 bits per heavy atom. The number of β-amino-alcohol motifs (C(OH)–C–C–N with tert-alkyl or cyclic N) is 1. The van der Waals surface area contributed by atoms with Gasteiger partial charge < -0.3 is 10.8 Å². The molecule has 0 saturated carbocycles. The summed E-state index contributed by atoms with van der Waals surface area (Å²) >= 11 is 0. The average Bonchev–Trinajstić information content (AvgIpc) is 2.56. The zero-order valence-electron chi connectivity index (χ0n) is 15.4. The van der Waals surface area contributed by atoms with E-state index in [1.165, 1.54) is 0 Å². The maximum atomic E-state index is 10.3. The summed E-state index contributed by atoms with van der Waals surface area (Å²) in [7, 11) is 0. The van der Waals surface area contributed by atoms with Crippen LogP contribution in [0.3, 0.4) is 0 Å². The molecule has 1 unspecified atom stereocenters. The van der Waals surface area contributed by atoms with Gasteiger partial charge in [0.2, 0.25) is 0 Å². The van der Waals surface area contributed by atoms with E-state index in [2.05, 4.69) is 40.5 Å². The van der Waals surface area contributed by atoms with Gasteiger partial charge in [0.1, 0.15) is 11.6 Å². The first kappa shape index (κ1) is 18.0. The lowest BCUT2D eigenvalue weighted by Gasteiger charge is -2.37. The summed E-state index contributed by atoms with van der Waals surface area (Å²) in [5.74, 6) is 1.33. The van der Waals surface area contributed by atoms with Crippen molar-refractivity contribution >= 4 is 16.7 Å². The normalized spacial score (nSPS) is 18.6. The number of fused-ring (bicyclic) bond motifs is 1. The van der Waals surface area contributed by atoms with Crippen LogP contribution < -0.4 is 5.73 Å². The second kappa shape index (κ2) is 7.23. The molecule has 0 spiro atoms. The minimum absolute atomic E-state index is 0.0758.